The maximum atomic E-state index is 10.4. The van der Waals surface area contributed by atoms with Gasteiger partial charge in [-0.25, -0.2) is 0 Å². The zero-order valence-corrected chi connectivity index (χ0v) is 6.29. The van der Waals surface area contributed by atoms with Crippen LogP contribution in [-0.4, -0.2) is 5.78 Å². The lowest BCUT2D eigenvalue weighted by Crippen LogP contribution is -1.80. The summed E-state index contributed by atoms with van der Waals surface area (Å²) in [6, 6.07) is 9.44. The summed E-state index contributed by atoms with van der Waals surface area (Å²) in [4.78, 5) is 10.4. The molecule has 1 aromatic carbocycles. The third-order valence-electron chi connectivity index (χ3n) is 1.16. The molecule has 0 aliphatic heterocycles. The zero-order chi connectivity index (χ0) is 8.10. The molecule has 1 nitrogen and oxygen atoms in total. The van der Waals surface area contributed by atoms with Crippen molar-refractivity contribution in [1.82, 2.24) is 0 Å². The summed E-state index contributed by atoms with van der Waals surface area (Å²) in [5.41, 5.74) is 0.878. The Morgan fingerprint density at radius 3 is 2.45 bits per heavy atom. The van der Waals surface area contributed by atoms with E-state index < -0.39 is 0 Å². The number of carbonyl (C=O) groups excluding carboxylic acids is 1. The molecule has 0 fully saturated rings. The normalized spacial score (nSPS) is 8.09. The van der Waals surface area contributed by atoms with E-state index in [0.717, 1.165) is 5.56 Å². The number of rotatable bonds is 0. The first-order chi connectivity index (χ1) is 5.29. The summed E-state index contributed by atoms with van der Waals surface area (Å²) in [6.07, 6.45) is 0. The SMILES string of the molecule is CC(=O)C#Cc1ccccc1. The highest BCUT2D eigenvalue weighted by atomic mass is 16.1. The minimum Gasteiger partial charge on any atom is -0.285 e. The van der Waals surface area contributed by atoms with Crippen LogP contribution in [0, 0.1) is 11.8 Å². The number of benzene rings is 1. The summed E-state index contributed by atoms with van der Waals surface area (Å²) < 4.78 is 0. The van der Waals surface area contributed by atoms with E-state index in [-0.39, 0.29) is 5.78 Å². The Morgan fingerprint density at radius 1 is 1.27 bits per heavy atom. The molecule has 0 N–H and O–H groups in total. The van der Waals surface area contributed by atoms with E-state index >= 15 is 0 Å². The molecule has 54 valence electrons. The van der Waals surface area contributed by atoms with Gasteiger partial charge < -0.3 is 0 Å². The van der Waals surface area contributed by atoms with Crippen molar-refractivity contribution in [1.29, 1.82) is 0 Å². The second-order valence-corrected chi connectivity index (χ2v) is 2.17. The Hall–Kier alpha value is -1.55. The molecule has 0 amide bonds. The van der Waals surface area contributed by atoms with Gasteiger partial charge in [-0.15, -0.1) is 0 Å². The van der Waals surface area contributed by atoms with Gasteiger partial charge in [0.05, 0.1) is 0 Å². The quantitative estimate of drug-likeness (QED) is 0.506. The molecule has 1 aromatic rings. The lowest BCUT2D eigenvalue weighted by Gasteiger charge is -1.84. The molecule has 0 radical (unpaired) electrons. The zero-order valence-electron chi connectivity index (χ0n) is 6.29. The van der Waals surface area contributed by atoms with Crippen LogP contribution in [0.4, 0.5) is 0 Å². The van der Waals surface area contributed by atoms with E-state index in [4.69, 9.17) is 0 Å². The molecule has 0 spiro atoms. The molecule has 0 atom stereocenters. The highest BCUT2D eigenvalue weighted by Gasteiger charge is 1.82. The number of hydrogen-bond acceptors (Lipinski definition) is 1. The van der Waals surface area contributed by atoms with Gasteiger partial charge in [0.15, 0.2) is 0 Å². The monoisotopic (exact) mass is 144 g/mol. The van der Waals surface area contributed by atoms with Crippen molar-refractivity contribution < 1.29 is 4.79 Å². The van der Waals surface area contributed by atoms with Crippen LogP contribution in [0.2, 0.25) is 0 Å². The standard InChI is InChI=1S/C10H8O/c1-9(11)7-8-10-5-3-2-4-6-10/h2-6H,1H3. The van der Waals surface area contributed by atoms with Crippen molar-refractivity contribution in [2.75, 3.05) is 0 Å². The first kappa shape index (κ1) is 7.56. The summed E-state index contributed by atoms with van der Waals surface area (Å²) in [6.45, 7) is 1.45. The minimum absolute atomic E-state index is 0.103. The summed E-state index contributed by atoms with van der Waals surface area (Å²) in [5, 5.41) is 0. The molecule has 1 heteroatoms. The van der Waals surface area contributed by atoms with E-state index in [1.807, 2.05) is 30.3 Å². The van der Waals surface area contributed by atoms with Gasteiger partial charge in [0, 0.05) is 12.5 Å². The van der Waals surface area contributed by atoms with Crippen LogP contribution in [0.5, 0.6) is 0 Å². The highest BCUT2D eigenvalue weighted by Crippen LogP contribution is 1.94. The van der Waals surface area contributed by atoms with Crippen LogP contribution >= 0.6 is 0 Å². The van der Waals surface area contributed by atoms with E-state index in [0.29, 0.717) is 0 Å². The predicted octanol–water partition coefficient (Wildman–Crippen LogP) is 1.63. The van der Waals surface area contributed by atoms with E-state index in [2.05, 4.69) is 11.8 Å². The summed E-state index contributed by atoms with van der Waals surface area (Å²) >= 11 is 0. The molecule has 11 heavy (non-hydrogen) atoms. The average molecular weight is 144 g/mol. The van der Waals surface area contributed by atoms with Gasteiger partial charge in [0.1, 0.15) is 0 Å². The van der Waals surface area contributed by atoms with Crippen molar-refractivity contribution >= 4 is 5.78 Å². The summed E-state index contributed by atoms with van der Waals surface area (Å²) in [5.74, 6) is 5.11. The van der Waals surface area contributed by atoms with Gasteiger partial charge in [-0.1, -0.05) is 24.1 Å². The highest BCUT2D eigenvalue weighted by molar-refractivity contribution is 5.93. The van der Waals surface area contributed by atoms with Crippen LogP contribution in [-0.2, 0) is 4.79 Å². The van der Waals surface area contributed by atoms with Crippen LogP contribution in [0.1, 0.15) is 12.5 Å². The second-order valence-electron chi connectivity index (χ2n) is 2.17. The largest absolute Gasteiger partial charge is 0.285 e. The average Bonchev–Trinajstić information content (AvgIpc) is 2.03. The van der Waals surface area contributed by atoms with E-state index in [1.54, 1.807) is 0 Å². The first-order valence-electron chi connectivity index (χ1n) is 3.36. The third-order valence-corrected chi connectivity index (χ3v) is 1.16. The predicted molar refractivity (Wildman–Crippen MR) is 44.0 cm³/mol. The van der Waals surface area contributed by atoms with Crippen molar-refractivity contribution in [3.05, 3.63) is 35.9 Å². The molecule has 0 aliphatic rings. The van der Waals surface area contributed by atoms with Gasteiger partial charge in [-0.3, -0.25) is 4.79 Å². The topological polar surface area (TPSA) is 17.1 Å². The molecule has 1 rings (SSSR count). The fourth-order valence-corrected chi connectivity index (χ4v) is 0.682. The van der Waals surface area contributed by atoms with E-state index in [1.165, 1.54) is 6.92 Å². The third kappa shape index (κ3) is 2.68. The van der Waals surface area contributed by atoms with Crippen LogP contribution in [0.25, 0.3) is 0 Å². The van der Waals surface area contributed by atoms with Gasteiger partial charge in [-0.2, -0.15) is 0 Å². The molecular formula is C10H8O. The van der Waals surface area contributed by atoms with Crippen molar-refractivity contribution in [2.45, 2.75) is 6.92 Å². The minimum atomic E-state index is -0.103. The number of Topliss-reactive ketones (excluding diaryl/α,β-unsaturated/α-hetero) is 1. The van der Waals surface area contributed by atoms with Gasteiger partial charge in [0.25, 0.3) is 0 Å². The molecule has 0 aliphatic carbocycles. The summed E-state index contributed by atoms with van der Waals surface area (Å²) in [7, 11) is 0. The number of carbonyl (C=O) groups is 1. The number of ketones is 1. The molecule has 0 heterocycles. The van der Waals surface area contributed by atoms with Crippen LogP contribution in [0.15, 0.2) is 30.3 Å². The fourth-order valence-electron chi connectivity index (χ4n) is 0.682. The Morgan fingerprint density at radius 2 is 1.91 bits per heavy atom. The number of hydrogen-bond donors (Lipinski definition) is 0. The smallest absolute Gasteiger partial charge is 0.202 e. The second kappa shape index (κ2) is 3.58. The van der Waals surface area contributed by atoms with Gasteiger partial charge >= 0.3 is 0 Å². The van der Waals surface area contributed by atoms with Crippen molar-refractivity contribution in [3.63, 3.8) is 0 Å². The Kier molecular flexibility index (Phi) is 2.46. The lowest BCUT2D eigenvalue weighted by molar-refractivity contribution is -0.111. The Bertz CT molecular complexity index is 301. The van der Waals surface area contributed by atoms with Crippen LogP contribution in [0.3, 0.4) is 0 Å². The lowest BCUT2D eigenvalue weighted by atomic mass is 10.2. The van der Waals surface area contributed by atoms with Crippen molar-refractivity contribution in [3.8, 4) is 11.8 Å². The Labute approximate surface area is 66.1 Å². The molecule has 0 aromatic heterocycles. The maximum absolute atomic E-state index is 10.4. The first-order valence-corrected chi connectivity index (χ1v) is 3.36. The molecule has 0 saturated carbocycles. The molecule has 0 bridgehead atoms. The molecule has 0 unspecified atom stereocenters. The van der Waals surface area contributed by atoms with Crippen molar-refractivity contribution in [2.24, 2.45) is 0 Å². The molecule has 0 saturated heterocycles. The maximum Gasteiger partial charge on any atom is 0.202 e. The van der Waals surface area contributed by atoms with Crippen LogP contribution < -0.4 is 0 Å². The Balaban J connectivity index is 2.83. The van der Waals surface area contributed by atoms with Gasteiger partial charge in [0.2, 0.25) is 5.78 Å². The molecular weight excluding hydrogens is 136 g/mol. The fraction of sp³-hybridized carbons (Fsp3) is 0.100. The van der Waals surface area contributed by atoms with E-state index in [9.17, 15) is 4.79 Å². The van der Waals surface area contributed by atoms with Gasteiger partial charge in [-0.05, 0) is 18.1 Å².